The van der Waals surface area contributed by atoms with Crippen LogP contribution in [0.25, 0.3) is 5.69 Å². The molecule has 2 aromatic heterocycles. The lowest BCUT2D eigenvalue weighted by Gasteiger charge is -2.06. The Hall–Kier alpha value is -1.10. The van der Waals surface area contributed by atoms with E-state index in [1.165, 1.54) is 16.9 Å². The van der Waals surface area contributed by atoms with Crippen LogP contribution in [0.3, 0.4) is 0 Å². The molecule has 17 heavy (non-hydrogen) atoms. The van der Waals surface area contributed by atoms with E-state index in [-0.39, 0.29) is 27.3 Å². The minimum Gasteiger partial charge on any atom is -0.288 e. The molecule has 0 unspecified atom stereocenters. The van der Waals surface area contributed by atoms with Gasteiger partial charge >= 0.3 is 0 Å². The van der Waals surface area contributed by atoms with Gasteiger partial charge in [-0.2, -0.15) is 5.10 Å². The van der Waals surface area contributed by atoms with Crippen molar-refractivity contribution in [3.05, 3.63) is 50.6 Å². The summed E-state index contributed by atoms with van der Waals surface area (Å²) >= 11 is 17.2. The molecule has 2 aromatic rings. The van der Waals surface area contributed by atoms with E-state index in [0.29, 0.717) is 5.69 Å². The third-order valence-electron chi connectivity index (χ3n) is 2.02. The number of nitrogens with zero attached hydrogens (tertiary/aromatic N) is 3. The number of pyridine rings is 1. The Bertz CT molecular complexity index is 592. The molecule has 0 bridgehead atoms. The summed E-state index contributed by atoms with van der Waals surface area (Å²) in [7, 11) is 0. The van der Waals surface area contributed by atoms with Gasteiger partial charge in [0.2, 0.25) is 5.43 Å². The molecule has 0 atom stereocenters. The number of aromatic nitrogens is 3. The largest absolute Gasteiger partial charge is 0.288 e. The summed E-state index contributed by atoms with van der Waals surface area (Å²) in [5, 5.41) is 4.57. The molecule has 7 heteroatoms. The molecule has 0 aliphatic rings. The molecule has 2 heterocycles. The number of alkyl halides is 1. The first-order valence-corrected chi connectivity index (χ1v) is 5.87. The van der Waals surface area contributed by atoms with Gasteiger partial charge < -0.3 is 0 Å². The standard InChI is InChI=1S/C10H6Cl3N3O/c11-5-7-8(17)1-2-16(15-7)6-3-9(12)14-10(13)4-6/h1-4H,5H2. The Morgan fingerprint density at radius 3 is 2.47 bits per heavy atom. The van der Waals surface area contributed by atoms with E-state index >= 15 is 0 Å². The summed E-state index contributed by atoms with van der Waals surface area (Å²) in [6, 6.07) is 4.55. The van der Waals surface area contributed by atoms with Gasteiger partial charge in [-0.15, -0.1) is 11.6 Å². The highest BCUT2D eigenvalue weighted by Crippen LogP contribution is 2.17. The summed E-state index contributed by atoms with van der Waals surface area (Å²) in [6.07, 6.45) is 1.51. The third-order valence-corrected chi connectivity index (χ3v) is 2.66. The predicted octanol–water partition coefficient (Wildman–Crippen LogP) is 2.67. The zero-order valence-electron chi connectivity index (χ0n) is 8.40. The summed E-state index contributed by atoms with van der Waals surface area (Å²) < 4.78 is 1.47. The van der Waals surface area contributed by atoms with Crippen molar-refractivity contribution in [2.75, 3.05) is 0 Å². The van der Waals surface area contributed by atoms with Crippen LogP contribution in [0.1, 0.15) is 5.69 Å². The molecule has 0 aliphatic heterocycles. The first-order valence-electron chi connectivity index (χ1n) is 4.58. The summed E-state index contributed by atoms with van der Waals surface area (Å²) in [5.41, 5.74) is 0.669. The van der Waals surface area contributed by atoms with Crippen molar-refractivity contribution < 1.29 is 0 Å². The van der Waals surface area contributed by atoms with Crippen molar-refractivity contribution in [2.45, 2.75) is 5.88 Å². The van der Waals surface area contributed by atoms with Gasteiger partial charge in [-0.05, 0) is 0 Å². The molecule has 0 spiro atoms. The van der Waals surface area contributed by atoms with Gasteiger partial charge in [0, 0.05) is 24.4 Å². The second-order valence-electron chi connectivity index (χ2n) is 3.18. The molecule has 0 fully saturated rings. The molecule has 0 aromatic carbocycles. The fraction of sp³-hybridized carbons (Fsp3) is 0.100. The van der Waals surface area contributed by atoms with Crippen LogP contribution >= 0.6 is 34.8 Å². The van der Waals surface area contributed by atoms with E-state index in [4.69, 9.17) is 34.8 Å². The fourth-order valence-corrected chi connectivity index (χ4v) is 1.90. The summed E-state index contributed by atoms with van der Waals surface area (Å²) in [4.78, 5) is 15.2. The Kier molecular flexibility index (Phi) is 3.66. The van der Waals surface area contributed by atoms with Crippen molar-refractivity contribution in [3.63, 3.8) is 0 Å². The maximum atomic E-state index is 11.3. The highest BCUT2D eigenvalue weighted by molar-refractivity contribution is 6.32. The van der Waals surface area contributed by atoms with Crippen molar-refractivity contribution >= 4 is 34.8 Å². The molecule has 0 N–H and O–H groups in total. The normalized spacial score (nSPS) is 10.5. The van der Waals surface area contributed by atoms with E-state index in [1.54, 1.807) is 12.1 Å². The maximum absolute atomic E-state index is 11.3. The van der Waals surface area contributed by atoms with E-state index in [2.05, 4.69) is 10.1 Å². The highest BCUT2D eigenvalue weighted by Gasteiger charge is 2.05. The highest BCUT2D eigenvalue weighted by atomic mass is 35.5. The number of hydrogen-bond donors (Lipinski definition) is 0. The second kappa shape index (κ2) is 5.04. The fourth-order valence-electron chi connectivity index (χ4n) is 1.27. The van der Waals surface area contributed by atoms with E-state index in [1.807, 2.05) is 0 Å². The van der Waals surface area contributed by atoms with Gasteiger partial charge in [0.1, 0.15) is 16.0 Å². The Morgan fingerprint density at radius 2 is 1.88 bits per heavy atom. The van der Waals surface area contributed by atoms with Crippen molar-refractivity contribution in [1.29, 1.82) is 0 Å². The number of hydrogen-bond acceptors (Lipinski definition) is 3. The van der Waals surface area contributed by atoms with Crippen LogP contribution in [0.15, 0.2) is 29.2 Å². The molecule has 2 rings (SSSR count). The third kappa shape index (κ3) is 2.77. The SMILES string of the molecule is O=c1ccn(-c2cc(Cl)nc(Cl)c2)nc1CCl. The molecule has 4 nitrogen and oxygen atoms in total. The van der Waals surface area contributed by atoms with Crippen LogP contribution in [0.5, 0.6) is 0 Å². The van der Waals surface area contributed by atoms with E-state index in [0.717, 1.165) is 0 Å². The van der Waals surface area contributed by atoms with Gasteiger partial charge in [-0.3, -0.25) is 4.79 Å². The van der Waals surface area contributed by atoms with Crippen LogP contribution in [0.2, 0.25) is 10.3 Å². The summed E-state index contributed by atoms with van der Waals surface area (Å²) in [6.45, 7) is 0. The number of rotatable bonds is 2. The zero-order chi connectivity index (χ0) is 12.4. The second-order valence-corrected chi connectivity index (χ2v) is 4.22. The van der Waals surface area contributed by atoms with Gasteiger partial charge in [0.15, 0.2) is 0 Å². The van der Waals surface area contributed by atoms with Gasteiger partial charge in [-0.1, -0.05) is 23.2 Å². The molecule has 0 saturated carbocycles. The average molecular weight is 291 g/mol. The monoisotopic (exact) mass is 289 g/mol. The summed E-state index contributed by atoms with van der Waals surface area (Å²) in [5.74, 6) is 0.0478. The lowest BCUT2D eigenvalue weighted by atomic mass is 10.4. The van der Waals surface area contributed by atoms with Crippen LogP contribution in [0.4, 0.5) is 0 Å². The molecule has 0 radical (unpaired) electrons. The van der Waals surface area contributed by atoms with Crippen LogP contribution in [0, 0.1) is 0 Å². The van der Waals surface area contributed by atoms with Crippen molar-refractivity contribution in [2.24, 2.45) is 0 Å². The molecular formula is C10H6Cl3N3O. The van der Waals surface area contributed by atoms with Gasteiger partial charge in [0.05, 0.1) is 11.6 Å². The molecular weight excluding hydrogens is 284 g/mol. The van der Waals surface area contributed by atoms with Crippen molar-refractivity contribution in [3.8, 4) is 5.69 Å². The molecule has 88 valence electrons. The lowest BCUT2D eigenvalue weighted by Crippen LogP contribution is -2.14. The van der Waals surface area contributed by atoms with E-state index < -0.39 is 0 Å². The first kappa shape index (κ1) is 12.4. The molecule has 0 saturated heterocycles. The molecule has 0 amide bonds. The Labute approximate surface area is 112 Å². The maximum Gasteiger partial charge on any atom is 0.204 e. The minimum atomic E-state index is -0.206. The number of halogens is 3. The quantitative estimate of drug-likeness (QED) is 0.631. The average Bonchev–Trinajstić information content (AvgIpc) is 2.28. The molecule has 0 aliphatic carbocycles. The van der Waals surface area contributed by atoms with Crippen LogP contribution in [-0.2, 0) is 5.88 Å². The van der Waals surface area contributed by atoms with Gasteiger partial charge in [0.25, 0.3) is 0 Å². The Balaban J connectivity index is 2.56. The topological polar surface area (TPSA) is 47.8 Å². The van der Waals surface area contributed by atoms with Crippen molar-refractivity contribution in [1.82, 2.24) is 14.8 Å². The van der Waals surface area contributed by atoms with Crippen LogP contribution < -0.4 is 5.43 Å². The smallest absolute Gasteiger partial charge is 0.204 e. The van der Waals surface area contributed by atoms with E-state index in [9.17, 15) is 4.79 Å². The lowest BCUT2D eigenvalue weighted by molar-refractivity contribution is 0.803. The first-order chi connectivity index (χ1) is 8.10. The predicted molar refractivity (Wildman–Crippen MR) is 67.2 cm³/mol. The van der Waals surface area contributed by atoms with Crippen LogP contribution in [-0.4, -0.2) is 14.8 Å². The minimum absolute atomic E-state index is 0.0478. The van der Waals surface area contributed by atoms with Gasteiger partial charge in [-0.25, -0.2) is 9.67 Å². The Morgan fingerprint density at radius 1 is 1.24 bits per heavy atom. The zero-order valence-corrected chi connectivity index (χ0v) is 10.7.